The minimum Gasteiger partial charge on any atom is -0.436 e. The van der Waals surface area contributed by atoms with Crippen molar-refractivity contribution in [3.63, 3.8) is 0 Å². The molecule has 6 rings (SSSR count). The van der Waals surface area contributed by atoms with Crippen LogP contribution in [0.25, 0.3) is 0 Å². The number of hydrogen-bond donors (Lipinski definition) is 4. The van der Waals surface area contributed by atoms with Crippen molar-refractivity contribution < 1.29 is 42.5 Å². The molecule has 17 heteroatoms. The van der Waals surface area contributed by atoms with Crippen molar-refractivity contribution in [1.82, 2.24) is 24.5 Å². The fourth-order valence-corrected chi connectivity index (χ4v) is 8.23. The van der Waals surface area contributed by atoms with Gasteiger partial charge in [-0.15, -0.1) is 0 Å². The lowest BCUT2D eigenvalue weighted by molar-refractivity contribution is -0.158. The predicted molar refractivity (Wildman–Crippen MR) is 191 cm³/mol. The molecule has 0 aliphatic carbocycles. The highest BCUT2D eigenvalue weighted by atomic mass is 35.5. The number of anilines is 2. The summed E-state index contributed by atoms with van der Waals surface area (Å²) in [7, 11) is 2.02. The first-order chi connectivity index (χ1) is 25.2. The van der Waals surface area contributed by atoms with Crippen LogP contribution in [0.5, 0.6) is 0 Å². The molecule has 53 heavy (non-hydrogen) atoms. The number of fused-ring (bicyclic) bond motifs is 1. The van der Waals surface area contributed by atoms with E-state index in [-0.39, 0.29) is 54.9 Å². The van der Waals surface area contributed by atoms with Crippen molar-refractivity contribution in [1.29, 1.82) is 0 Å². The molecule has 4 aliphatic rings. The Bertz CT molecular complexity index is 1650. The molecular weight excluding hydrogens is 719 g/mol. The summed E-state index contributed by atoms with van der Waals surface area (Å²) in [5, 5.41) is 23.4. The summed E-state index contributed by atoms with van der Waals surface area (Å²) in [5.41, 5.74) is 5.61. The SMILES string of the molecule is CN1CCC(N2CCN(C(=O)[C@@H](Cc3cc(Cl)c(N)c(C(F)(F)F)c3)OC(=O)N3CCC(N4CCc5ccccc5NC4=O)CC3)C[C@H]2C(O)O)CC1. The van der Waals surface area contributed by atoms with Crippen molar-refractivity contribution in [2.75, 3.05) is 70.5 Å². The first kappa shape index (κ1) is 38.9. The number of alkyl halides is 3. The fraction of sp³-hybridized carbons (Fsp3) is 0.583. The number of nitrogens with one attached hydrogen (secondary N) is 1. The van der Waals surface area contributed by atoms with Crippen LogP contribution in [0.3, 0.4) is 0 Å². The highest BCUT2D eigenvalue weighted by Crippen LogP contribution is 2.38. The van der Waals surface area contributed by atoms with Gasteiger partial charge in [-0.25, -0.2) is 9.59 Å². The van der Waals surface area contributed by atoms with Crippen molar-refractivity contribution >= 4 is 41.0 Å². The second-order valence-corrected chi connectivity index (χ2v) is 14.8. The second-order valence-electron chi connectivity index (χ2n) is 14.4. The normalized spacial score (nSPS) is 22.0. The van der Waals surface area contributed by atoms with Gasteiger partial charge < -0.3 is 45.6 Å². The standard InChI is InChI=1S/C36H47ClF3N7O6/c1-43-11-7-24(8-12-43)46-17-16-45(21-29(46)33(49)50)32(48)30(20-22-18-26(36(38,39)40)31(41)27(37)19-22)53-35(52)44-13-9-25(10-14-44)47-15-6-23-4-2-3-5-28(23)42-34(47)51/h2-5,18-19,24-25,29-30,33,49-50H,6-17,20-21,41H2,1H3,(H,42,51)/t29-,30+/m0/s1. The van der Waals surface area contributed by atoms with Crippen molar-refractivity contribution in [3.8, 4) is 0 Å². The maximum absolute atomic E-state index is 14.2. The number of nitrogens with two attached hydrogens (primary N) is 1. The molecule has 4 heterocycles. The summed E-state index contributed by atoms with van der Waals surface area (Å²) in [4.78, 5) is 49.7. The number of hydrogen-bond acceptors (Lipinski definition) is 9. The first-order valence-corrected chi connectivity index (χ1v) is 18.4. The minimum atomic E-state index is -4.83. The number of carbonyl (C=O) groups excluding carboxylic acids is 3. The van der Waals surface area contributed by atoms with Gasteiger partial charge in [0, 0.05) is 63.5 Å². The molecule has 5 N–H and O–H groups in total. The molecule has 0 radical (unpaired) electrons. The van der Waals surface area contributed by atoms with E-state index in [1.54, 1.807) is 4.90 Å². The number of carbonyl (C=O) groups is 3. The van der Waals surface area contributed by atoms with Crippen LogP contribution in [0.2, 0.25) is 5.02 Å². The zero-order valence-corrected chi connectivity index (χ0v) is 30.4. The number of urea groups is 1. The summed E-state index contributed by atoms with van der Waals surface area (Å²) in [5.74, 6) is -0.677. The van der Waals surface area contributed by atoms with Crippen molar-refractivity contribution in [3.05, 3.63) is 58.1 Å². The predicted octanol–water partition coefficient (Wildman–Crippen LogP) is 3.46. The Morgan fingerprint density at radius 2 is 1.66 bits per heavy atom. The number of rotatable bonds is 7. The molecule has 2 atom stereocenters. The molecular formula is C36H47ClF3N7O6. The third-order valence-electron chi connectivity index (χ3n) is 11.0. The summed E-state index contributed by atoms with van der Waals surface area (Å²) in [6.07, 6.45) is -6.18. The number of piperidine rings is 2. The molecule has 4 amide bonds. The lowest BCUT2D eigenvalue weighted by Gasteiger charge is -2.48. The molecule has 2 aromatic rings. The third-order valence-corrected chi connectivity index (χ3v) is 11.3. The number of amides is 4. The number of halogens is 4. The van der Waals surface area contributed by atoms with Gasteiger partial charge in [-0.2, -0.15) is 13.2 Å². The van der Waals surface area contributed by atoms with Gasteiger partial charge in [0.25, 0.3) is 5.91 Å². The lowest BCUT2D eigenvalue weighted by Crippen LogP contribution is -2.63. The minimum absolute atomic E-state index is 0.0155. The Morgan fingerprint density at radius 1 is 0.981 bits per heavy atom. The molecule has 0 saturated carbocycles. The molecule has 0 aromatic heterocycles. The number of piperazine rings is 1. The van der Waals surface area contributed by atoms with Crippen LogP contribution in [0.4, 0.5) is 34.1 Å². The molecule has 0 bridgehead atoms. The van der Waals surface area contributed by atoms with Gasteiger partial charge in [0.1, 0.15) is 0 Å². The van der Waals surface area contributed by atoms with E-state index in [4.69, 9.17) is 22.1 Å². The maximum Gasteiger partial charge on any atom is 0.418 e. The van der Waals surface area contributed by atoms with Gasteiger partial charge >= 0.3 is 18.3 Å². The van der Waals surface area contributed by atoms with E-state index in [1.807, 2.05) is 36.2 Å². The van der Waals surface area contributed by atoms with Gasteiger partial charge in [0.15, 0.2) is 12.4 Å². The van der Waals surface area contributed by atoms with E-state index >= 15 is 0 Å². The zero-order chi connectivity index (χ0) is 38.0. The van der Waals surface area contributed by atoms with Crippen LogP contribution in [0, 0.1) is 0 Å². The van der Waals surface area contributed by atoms with Crippen LogP contribution < -0.4 is 11.1 Å². The van der Waals surface area contributed by atoms with Crippen LogP contribution in [0.15, 0.2) is 36.4 Å². The van der Waals surface area contributed by atoms with Gasteiger partial charge in [0.05, 0.1) is 22.3 Å². The number of nitrogens with zero attached hydrogens (tertiary/aromatic N) is 5. The maximum atomic E-state index is 14.2. The Morgan fingerprint density at radius 3 is 2.34 bits per heavy atom. The van der Waals surface area contributed by atoms with Crippen LogP contribution in [-0.2, 0) is 28.5 Å². The average Bonchev–Trinajstić information content (AvgIpc) is 3.30. The largest absolute Gasteiger partial charge is 0.436 e. The summed E-state index contributed by atoms with van der Waals surface area (Å²) in [6.45, 7) is 3.08. The highest BCUT2D eigenvalue weighted by Gasteiger charge is 2.42. The highest BCUT2D eigenvalue weighted by molar-refractivity contribution is 6.33. The Labute approximate surface area is 311 Å². The number of likely N-dealkylation sites (tertiary alicyclic amines) is 2. The molecule has 3 saturated heterocycles. The number of aliphatic hydroxyl groups excluding tert-OH is 1. The molecule has 0 unspecified atom stereocenters. The van der Waals surface area contributed by atoms with E-state index in [0.717, 1.165) is 43.2 Å². The molecule has 2 aromatic carbocycles. The Balaban J connectivity index is 1.16. The second kappa shape index (κ2) is 16.3. The fourth-order valence-electron chi connectivity index (χ4n) is 7.99. The van der Waals surface area contributed by atoms with E-state index in [1.165, 1.54) is 15.9 Å². The van der Waals surface area contributed by atoms with Crippen LogP contribution >= 0.6 is 11.6 Å². The van der Waals surface area contributed by atoms with E-state index < -0.39 is 54.3 Å². The molecule has 0 spiro atoms. The molecule has 290 valence electrons. The van der Waals surface area contributed by atoms with Crippen LogP contribution in [-0.4, -0.2) is 143 Å². The number of benzene rings is 2. The smallest absolute Gasteiger partial charge is 0.418 e. The van der Waals surface area contributed by atoms with Crippen molar-refractivity contribution in [2.24, 2.45) is 0 Å². The zero-order valence-electron chi connectivity index (χ0n) is 29.6. The first-order valence-electron chi connectivity index (χ1n) is 18.0. The number of nitrogen functional groups attached to an aromatic ring is 1. The Hall–Kier alpha value is -3.83. The van der Waals surface area contributed by atoms with E-state index in [9.17, 15) is 37.8 Å². The topological polar surface area (TPSA) is 155 Å². The summed E-state index contributed by atoms with van der Waals surface area (Å²) >= 11 is 6.11. The van der Waals surface area contributed by atoms with Crippen LogP contribution in [0.1, 0.15) is 42.4 Å². The van der Waals surface area contributed by atoms with Gasteiger partial charge in [-0.3, -0.25) is 9.69 Å². The molecule has 13 nitrogen and oxygen atoms in total. The quantitative estimate of drug-likeness (QED) is 0.245. The van der Waals surface area contributed by atoms with Gasteiger partial charge in [0.2, 0.25) is 0 Å². The summed E-state index contributed by atoms with van der Waals surface area (Å²) in [6, 6.07) is 8.52. The monoisotopic (exact) mass is 765 g/mol. The Kier molecular flexibility index (Phi) is 11.9. The van der Waals surface area contributed by atoms with Gasteiger partial charge in [-0.1, -0.05) is 29.8 Å². The average molecular weight is 766 g/mol. The third kappa shape index (κ3) is 8.94. The lowest BCUT2D eigenvalue weighted by atomic mass is 9.98. The molecule has 4 aliphatic heterocycles. The molecule has 3 fully saturated rings. The van der Waals surface area contributed by atoms with E-state index in [0.29, 0.717) is 32.4 Å². The van der Waals surface area contributed by atoms with Gasteiger partial charge in [-0.05, 0) is 81.6 Å². The number of ether oxygens (including phenoxy) is 1. The summed E-state index contributed by atoms with van der Waals surface area (Å²) < 4.78 is 47.4. The van der Waals surface area contributed by atoms with E-state index in [2.05, 4.69) is 10.2 Å². The number of aliphatic hydroxyl groups is 2. The number of para-hydroxylation sites is 1. The van der Waals surface area contributed by atoms with Crippen molar-refractivity contribution in [2.45, 2.75) is 75.2 Å².